The van der Waals surface area contributed by atoms with E-state index in [2.05, 4.69) is 54.7 Å². The Bertz CT molecular complexity index is 378. The van der Waals surface area contributed by atoms with Crippen LogP contribution in [0.2, 0.25) is 0 Å². The monoisotopic (exact) mass is 286 g/mol. The third-order valence-corrected chi connectivity index (χ3v) is 4.30. The lowest BCUT2D eigenvalue weighted by molar-refractivity contribution is 0.371. The maximum Gasteiger partial charge on any atom is 0.0375 e. The standard InChI is InChI=1S/C14H22N2S.ClH/c1-14(7-8-15-10-14)11-16(2)12-5-4-6-13(9-12)17-3;/h4-6,9,15H,7-8,10-11H2,1-3H3;1H. The van der Waals surface area contributed by atoms with Crippen molar-refractivity contribution < 1.29 is 0 Å². The fraction of sp³-hybridized carbons (Fsp3) is 0.571. The quantitative estimate of drug-likeness (QED) is 0.856. The summed E-state index contributed by atoms with van der Waals surface area (Å²) in [5.74, 6) is 0. The van der Waals surface area contributed by atoms with Crippen molar-refractivity contribution in [3.63, 3.8) is 0 Å². The smallest absolute Gasteiger partial charge is 0.0375 e. The zero-order valence-electron chi connectivity index (χ0n) is 11.4. The Morgan fingerprint density at radius 3 is 2.83 bits per heavy atom. The molecule has 0 bridgehead atoms. The van der Waals surface area contributed by atoms with Crippen LogP contribution in [0.4, 0.5) is 5.69 Å². The molecule has 1 fully saturated rings. The average molecular weight is 287 g/mol. The van der Waals surface area contributed by atoms with E-state index in [0.29, 0.717) is 5.41 Å². The van der Waals surface area contributed by atoms with Gasteiger partial charge in [0.05, 0.1) is 0 Å². The lowest BCUT2D eigenvalue weighted by atomic mass is 9.89. The Balaban J connectivity index is 0.00000162. The Kier molecular flexibility index (Phi) is 5.83. The number of hydrogen-bond acceptors (Lipinski definition) is 3. The minimum Gasteiger partial charge on any atom is -0.374 e. The van der Waals surface area contributed by atoms with Gasteiger partial charge in [-0.3, -0.25) is 0 Å². The van der Waals surface area contributed by atoms with Crippen molar-refractivity contribution in [2.75, 3.05) is 37.8 Å². The van der Waals surface area contributed by atoms with Gasteiger partial charge < -0.3 is 10.2 Å². The Morgan fingerprint density at radius 2 is 2.22 bits per heavy atom. The molecule has 0 aliphatic carbocycles. The highest BCUT2D eigenvalue weighted by Gasteiger charge is 2.29. The number of halogens is 1. The third kappa shape index (κ3) is 3.81. The maximum atomic E-state index is 3.46. The molecule has 1 aliphatic rings. The molecule has 0 spiro atoms. The number of anilines is 1. The summed E-state index contributed by atoms with van der Waals surface area (Å²) >= 11 is 1.80. The molecular formula is C14H23ClN2S. The van der Waals surface area contributed by atoms with Gasteiger partial charge in [-0.1, -0.05) is 13.0 Å². The van der Waals surface area contributed by atoms with E-state index in [1.165, 1.54) is 17.0 Å². The minimum absolute atomic E-state index is 0. The topological polar surface area (TPSA) is 15.3 Å². The van der Waals surface area contributed by atoms with E-state index in [1.54, 1.807) is 11.8 Å². The van der Waals surface area contributed by atoms with Gasteiger partial charge in [0.1, 0.15) is 0 Å². The molecule has 0 aromatic heterocycles. The average Bonchev–Trinajstić information content (AvgIpc) is 2.76. The SMILES string of the molecule is CSc1cccc(N(C)CC2(C)CCNC2)c1.Cl. The van der Waals surface area contributed by atoms with Crippen LogP contribution in [0.1, 0.15) is 13.3 Å². The highest BCUT2D eigenvalue weighted by molar-refractivity contribution is 7.98. The zero-order valence-corrected chi connectivity index (χ0v) is 13.0. The number of thioether (sulfide) groups is 1. The van der Waals surface area contributed by atoms with E-state index in [4.69, 9.17) is 0 Å². The molecule has 1 unspecified atom stereocenters. The zero-order chi connectivity index (χ0) is 12.3. The van der Waals surface area contributed by atoms with E-state index in [0.717, 1.165) is 19.6 Å². The van der Waals surface area contributed by atoms with Crippen molar-refractivity contribution in [2.24, 2.45) is 5.41 Å². The first-order chi connectivity index (χ1) is 8.13. The molecule has 2 nitrogen and oxygen atoms in total. The summed E-state index contributed by atoms with van der Waals surface area (Å²) in [5.41, 5.74) is 1.74. The first kappa shape index (κ1) is 15.7. The van der Waals surface area contributed by atoms with Crippen LogP contribution >= 0.6 is 24.2 Å². The molecule has 1 heterocycles. The minimum atomic E-state index is 0. The highest BCUT2D eigenvalue weighted by atomic mass is 35.5. The number of rotatable bonds is 4. The second-order valence-corrected chi connectivity index (χ2v) is 6.17. The first-order valence-corrected chi connectivity index (χ1v) is 7.41. The van der Waals surface area contributed by atoms with E-state index in [9.17, 15) is 0 Å². The molecule has 1 atom stereocenters. The largest absolute Gasteiger partial charge is 0.374 e. The maximum absolute atomic E-state index is 3.46. The molecule has 0 radical (unpaired) electrons. The molecule has 1 saturated heterocycles. The van der Waals surface area contributed by atoms with Crippen molar-refractivity contribution in [3.8, 4) is 0 Å². The molecule has 18 heavy (non-hydrogen) atoms. The van der Waals surface area contributed by atoms with Gasteiger partial charge in [-0.15, -0.1) is 24.2 Å². The number of nitrogens with one attached hydrogen (secondary N) is 1. The molecule has 2 rings (SSSR count). The fourth-order valence-electron chi connectivity index (χ4n) is 2.52. The van der Waals surface area contributed by atoms with Crippen molar-refractivity contribution in [2.45, 2.75) is 18.2 Å². The van der Waals surface area contributed by atoms with Crippen LogP contribution in [0.15, 0.2) is 29.2 Å². The fourth-order valence-corrected chi connectivity index (χ4v) is 2.97. The third-order valence-electron chi connectivity index (χ3n) is 3.57. The van der Waals surface area contributed by atoms with Gasteiger partial charge in [-0.25, -0.2) is 0 Å². The summed E-state index contributed by atoms with van der Waals surface area (Å²) in [6.45, 7) is 5.80. The van der Waals surface area contributed by atoms with Crippen LogP contribution < -0.4 is 10.2 Å². The highest BCUT2D eigenvalue weighted by Crippen LogP contribution is 2.28. The summed E-state index contributed by atoms with van der Waals surface area (Å²) < 4.78 is 0. The molecule has 0 saturated carbocycles. The molecular weight excluding hydrogens is 264 g/mol. The summed E-state index contributed by atoms with van der Waals surface area (Å²) in [4.78, 5) is 3.72. The predicted molar refractivity (Wildman–Crippen MR) is 84.3 cm³/mol. The lowest BCUT2D eigenvalue weighted by Crippen LogP contribution is -2.35. The van der Waals surface area contributed by atoms with Gasteiger partial charge in [-0.2, -0.15) is 0 Å². The van der Waals surface area contributed by atoms with Gasteiger partial charge in [-0.05, 0) is 42.8 Å². The summed E-state index contributed by atoms with van der Waals surface area (Å²) in [6.07, 6.45) is 3.40. The normalized spacial score (nSPS) is 22.6. The Morgan fingerprint density at radius 1 is 1.44 bits per heavy atom. The molecule has 1 aromatic rings. The van der Waals surface area contributed by atoms with E-state index in [1.807, 2.05) is 0 Å². The summed E-state index contributed by atoms with van der Waals surface area (Å²) in [5, 5.41) is 3.46. The Labute approximate surface area is 121 Å². The van der Waals surface area contributed by atoms with Crippen LogP contribution in [-0.2, 0) is 0 Å². The van der Waals surface area contributed by atoms with Crippen LogP contribution in [0.5, 0.6) is 0 Å². The molecule has 102 valence electrons. The summed E-state index contributed by atoms with van der Waals surface area (Å²) in [7, 11) is 2.20. The molecule has 1 aliphatic heterocycles. The van der Waals surface area contributed by atoms with Crippen molar-refractivity contribution in [1.82, 2.24) is 5.32 Å². The molecule has 4 heteroatoms. The second kappa shape index (κ2) is 6.69. The van der Waals surface area contributed by atoms with Crippen LogP contribution in [0.3, 0.4) is 0 Å². The number of nitrogens with zero attached hydrogens (tertiary/aromatic N) is 1. The van der Waals surface area contributed by atoms with Gasteiger partial charge in [0.2, 0.25) is 0 Å². The molecule has 1 aromatic carbocycles. The number of hydrogen-bond donors (Lipinski definition) is 1. The second-order valence-electron chi connectivity index (χ2n) is 5.29. The number of benzene rings is 1. The lowest BCUT2D eigenvalue weighted by Gasteiger charge is -2.30. The summed E-state index contributed by atoms with van der Waals surface area (Å²) in [6, 6.07) is 8.79. The predicted octanol–water partition coefficient (Wildman–Crippen LogP) is 3.27. The van der Waals surface area contributed by atoms with E-state index in [-0.39, 0.29) is 12.4 Å². The van der Waals surface area contributed by atoms with Crippen LogP contribution in [0.25, 0.3) is 0 Å². The van der Waals surface area contributed by atoms with Crippen LogP contribution in [0, 0.1) is 5.41 Å². The van der Waals surface area contributed by atoms with E-state index < -0.39 is 0 Å². The van der Waals surface area contributed by atoms with Gasteiger partial charge in [0, 0.05) is 30.7 Å². The van der Waals surface area contributed by atoms with Gasteiger partial charge >= 0.3 is 0 Å². The van der Waals surface area contributed by atoms with E-state index >= 15 is 0 Å². The van der Waals surface area contributed by atoms with Crippen molar-refractivity contribution >= 4 is 29.9 Å². The van der Waals surface area contributed by atoms with Crippen molar-refractivity contribution in [3.05, 3.63) is 24.3 Å². The first-order valence-electron chi connectivity index (χ1n) is 6.19. The van der Waals surface area contributed by atoms with Gasteiger partial charge in [0.15, 0.2) is 0 Å². The molecule has 0 amide bonds. The van der Waals surface area contributed by atoms with Crippen molar-refractivity contribution in [1.29, 1.82) is 0 Å². The Hall–Kier alpha value is -0.380. The van der Waals surface area contributed by atoms with Crippen LogP contribution in [-0.4, -0.2) is 32.9 Å². The van der Waals surface area contributed by atoms with Gasteiger partial charge in [0.25, 0.3) is 0 Å². The molecule has 1 N–H and O–H groups in total.